The average molecular weight is 214 g/mol. The number of nitrogens with zero attached hydrogens (tertiary/aromatic N) is 2. The summed E-state index contributed by atoms with van der Waals surface area (Å²) in [5.41, 5.74) is 4.94. The quantitative estimate of drug-likeness (QED) is 0.614. The summed E-state index contributed by atoms with van der Waals surface area (Å²) in [7, 11) is 0. The number of aromatic nitrogens is 2. The van der Waals surface area contributed by atoms with Crippen LogP contribution in [0.15, 0.2) is 4.52 Å². The molecule has 1 heterocycles. The maximum atomic E-state index is 10.4. The van der Waals surface area contributed by atoms with Crippen molar-refractivity contribution in [3.8, 4) is 0 Å². The minimum absolute atomic E-state index is 0.0865. The third kappa shape index (κ3) is 4.52. The summed E-state index contributed by atoms with van der Waals surface area (Å²) in [5, 5.41) is 6.44. The summed E-state index contributed by atoms with van der Waals surface area (Å²) in [4.78, 5) is 14.4. The van der Waals surface area contributed by atoms with Crippen LogP contribution >= 0.6 is 0 Å². The summed E-state index contributed by atoms with van der Waals surface area (Å²) in [6.45, 7) is 3.22. The number of nitrogens with one attached hydrogen (secondary N) is 1. The van der Waals surface area contributed by atoms with Crippen molar-refractivity contribution in [2.24, 2.45) is 5.73 Å². The molecule has 1 aromatic heterocycles. The molecule has 3 N–H and O–H groups in total. The predicted molar refractivity (Wildman–Crippen MR) is 50.5 cm³/mol. The van der Waals surface area contributed by atoms with E-state index in [2.05, 4.69) is 15.5 Å². The SMILES string of the molecule is CCOCc1noc(CNCC(N)=O)n1. The molecule has 0 saturated heterocycles. The Morgan fingerprint density at radius 2 is 2.47 bits per heavy atom. The van der Waals surface area contributed by atoms with Gasteiger partial charge >= 0.3 is 0 Å². The molecule has 7 heteroatoms. The molecule has 0 bridgehead atoms. The molecule has 0 fully saturated rings. The molecule has 0 aliphatic rings. The van der Waals surface area contributed by atoms with Gasteiger partial charge in [0.15, 0.2) is 5.82 Å². The van der Waals surface area contributed by atoms with Gasteiger partial charge in [-0.15, -0.1) is 0 Å². The van der Waals surface area contributed by atoms with Crippen molar-refractivity contribution in [1.29, 1.82) is 0 Å². The molecule has 0 atom stereocenters. The van der Waals surface area contributed by atoms with E-state index in [1.807, 2.05) is 6.92 Å². The van der Waals surface area contributed by atoms with Gasteiger partial charge in [-0.05, 0) is 6.92 Å². The Hall–Kier alpha value is -1.47. The number of carbonyl (C=O) groups is 1. The molecule has 0 unspecified atom stereocenters. The van der Waals surface area contributed by atoms with Crippen molar-refractivity contribution in [3.05, 3.63) is 11.7 Å². The summed E-state index contributed by atoms with van der Waals surface area (Å²) in [5.74, 6) is 0.475. The molecule has 0 aliphatic carbocycles. The van der Waals surface area contributed by atoms with Crippen LogP contribution in [0.25, 0.3) is 0 Å². The highest BCUT2D eigenvalue weighted by atomic mass is 16.5. The second-order valence-corrected chi connectivity index (χ2v) is 2.81. The Kier molecular flexibility index (Phi) is 4.72. The van der Waals surface area contributed by atoms with Crippen molar-refractivity contribution >= 4 is 5.91 Å². The highest BCUT2D eigenvalue weighted by molar-refractivity contribution is 5.75. The van der Waals surface area contributed by atoms with Gasteiger partial charge in [0, 0.05) is 6.61 Å². The Balaban J connectivity index is 2.29. The predicted octanol–water partition coefficient (Wildman–Crippen LogP) is -0.819. The third-order valence-corrected chi connectivity index (χ3v) is 1.52. The number of hydrogen-bond donors (Lipinski definition) is 2. The lowest BCUT2D eigenvalue weighted by Crippen LogP contribution is -2.28. The van der Waals surface area contributed by atoms with Crippen LogP contribution in [0.2, 0.25) is 0 Å². The Bertz CT molecular complexity index is 313. The number of ether oxygens (including phenoxy) is 1. The molecule has 1 rings (SSSR count). The molecule has 0 radical (unpaired) electrons. The lowest BCUT2D eigenvalue weighted by Gasteiger charge is -1.95. The van der Waals surface area contributed by atoms with Crippen molar-refractivity contribution < 1.29 is 14.1 Å². The first kappa shape index (κ1) is 11.6. The topological polar surface area (TPSA) is 103 Å². The van der Waals surface area contributed by atoms with Gasteiger partial charge in [0.1, 0.15) is 6.61 Å². The van der Waals surface area contributed by atoms with E-state index in [9.17, 15) is 4.79 Å². The van der Waals surface area contributed by atoms with Gasteiger partial charge in [0.05, 0.1) is 13.1 Å². The lowest BCUT2D eigenvalue weighted by atomic mass is 10.5. The number of amides is 1. The smallest absolute Gasteiger partial charge is 0.240 e. The number of rotatable bonds is 7. The molecule has 0 aromatic carbocycles. The first-order valence-electron chi connectivity index (χ1n) is 4.60. The van der Waals surface area contributed by atoms with Gasteiger partial charge in [-0.2, -0.15) is 4.98 Å². The zero-order valence-electron chi connectivity index (χ0n) is 8.52. The lowest BCUT2D eigenvalue weighted by molar-refractivity contribution is -0.117. The van der Waals surface area contributed by atoms with Crippen LogP contribution in [0.1, 0.15) is 18.6 Å². The number of nitrogens with two attached hydrogens (primary N) is 1. The van der Waals surface area contributed by atoms with E-state index in [0.29, 0.717) is 31.5 Å². The maximum Gasteiger partial charge on any atom is 0.240 e. The fourth-order valence-corrected chi connectivity index (χ4v) is 0.907. The van der Waals surface area contributed by atoms with Crippen LogP contribution in [-0.2, 0) is 22.7 Å². The van der Waals surface area contributed by atoms with Gasteiger partial charge in [0.25, 0.3) is 0 Å². The highest BCUT2D eigenvalue weighted by Gasteiger charge is 2.05. The largest absolute Gasteiger partial charge is 0.374 e. The van der Waals surface area contributed by atoms with Gasteiger partial charge < -0.3 is 15.0 Å². The molecule has 84 valence electrons. The fraction of sp³-hybridized carbons (Fsp3) is 0.625. The minimum Gasteiger partial charge on any atom is -0.374 e. The first-order valence-corrected chi connectivity index (χ1v) is 4.60. The Morgan fingerprint density at radius 1 is 1.67 bits per heavy atom. The van der Waals surface area contributed by atoms with Crippen molar-refractivity contribution in [1.82, 2.24) is 15.5 Å². The fourth-order valence-electron chi connectivity index (χ4n) is 0.907. The molecule has 1 amide bonds. The number of carbonyl (C=O) groups excluding carboxylic acids is 1. The summed E-state index contributed by atoms with van der Waals surface area (Å²) < 4.78 is 9.98. The molecule has 0 aliphatic heterocycles. The van der Waals surface area contributed by atoms with E-state index >= 15 is 0 Å². The minimum atomic E-state index is -0.427. The molecule has 15 heavy (non-hydrogen) atoms. The molecular formula is C8H14N4O3. The second-order valence-electron chi connectivity index (χ2n) is 2.81. The second kappa shape index (κ2) is 6.10. The van der Waals surface area contributed by atoms with E-state index in [4.69, 9.17) is 15.0 Å². The van der Waals surface area contributed by atoms with Gasteiger partial charge in [-0.1, -0.05) is 5.16 Å². The van der Waals surface area contributed by atoms with E-state index < -0.39 is 5.91 Å². The summed E-state index contributed by atoms with van der Waals surface area (Å²) in [6, 6.07) is 0. The van der Waals surface area contributed by atoms with Crippen LogP contribution in [0.4, 0.5) is 0 Å². The monoisotopic (exact) mass is 214 g/mol. The van der Waals surface area contributed by atoms with Gasteiger partial charge in [0.2, 0.25) is 11.8 Å². The average Bonchev–Trinajstić information content (AvgIpc) is 2.62. The van der Waals surface area contributed by atoms with Crippen LogP contribution in [0.5, 0.6) is 0 Å². The molecule has 0 spiro atoms. The van der Waals surface area contributed by atoms with Crippen molar-refractivity contribution in [2.45, 2.75) is 20.1 Å². The normalized spacial score (nSPS) is 10.5. The van der Waals surface area contributed by atoms with Gasteiger partial charge in [-0.3, -0.25) is 10.1 Å². The zero-order chi connectivity index (χ0) is 11.1. The van der Waals surface area contributed by atoms with E-state index in [0.717, 1.165) is 0 Å². The van der Waals surface area contributed by atoms with Crippen LogP contribution < -0.4 is 11.1 Å². The number of hydrogen-bond acceptors (Lipinski definition) is 6. The molecule has 7 nitrogen and oxygen atoms in total. The van der Waals surface area contributed by atoms with Crippen LogP contribution in [0, 0.1) is 0 Å². The van der Waals surface area contributed by atoms with Crippen molar-refractivity contribution in [2.75, 3.05) is 13.2 Å². The molecular weight excluding hydrogens is 200 g/mol. The van der Waals surface area contributed by atoms with E-state index in [-0.39, 0.29) is 6.54 Å². The first-order chi connectivity index (χ1) is 7.22. The summed E-state index contributed by atoms with van der Waals surface area (Å²) in [6.07, 6.45) is 0. The Morgan fingerprint density at radius 3 is 3.13 bits per heavy atom. The van der Waals surface area contributed by atoms with Crippen molar-refractivity contribution in [3.63, 3.8) is 0 Å². The molecule has 0 saturated carbocycles. The van der Waals surface area contributed by atoms with Gasteiger partial charge in [-0.25, -0.2) is 0 Å². The third-order valence-electron chi connectivity index (χ3n) is 1.52. The standard InChI is InChI=1S/C8H14N4O3/c1-2-14-5-7-11-8(15-12-7)4-10-3-6(9)13/h10H,2-5H2,1H3,(H2,9,13). The molecule has 1 aromatic rings. The Labute approximate surface area is 87.0 Å². The highest BCUT2D eigenvalue weighted by Crippen LogP contribution is 1.98. The summed E-state index contributed by atoms with van der Waals surface area (Å²) >= 11 is 0. The maximum absolute atomic E-state index is 10.4. The van der Waals surface area contributed by atoms with Crippen LogP contribution in [0.3, 0.4) is 0 Å². The zero-order valence-corrected chi connectivity index (χ0v) is 8.52. The number of primary amides is 1. The van der Waals surface area contributed by atoms with Crippen LogP contribution in [-0.4, -0.2) is 29.2 Å². The van der Waals surface area contributed by atoms with E-state index in [1.165, 1.54) is 0 Å². The van der Waals surface area contributed by atoms with E-state index in [1.54, 1.807) is 0 Å².